The molecule has 0 radical (unpaired) electrons. The van der Waals surface area contributed by atoms with Crippen molar-refractivity contribution in [2.75, 3.05) is 6.54 Å². The van der Waals surface area contributed by atoms with E-state index in [0.717, 1.165) is 39.0 Å². The molecule has 1 N–H and O–H groups in total. The summed E-state index contributed by atoms with van der Waals surface area (Å²) < 4.78 is 5.37. The molecule has 0 aliphatic carbocycles. The Morgan fingerprint density at radius 1 is 1.15 bits per heavy atom. The Balaban J connectivity index is 1.70. The van der Waals surface area contributed by atoms with E-state index in [1.807, 2.05) is 25.3 Å². The fraction of sp³-hybridized carbons (Fsp3) is 0.370. The molecular weight excluding hydrogens is 414 g/mol. The van der Waals surface area contributed by atoms with Gasteiger partial charge in [-0.05, 0) is 81.0 Å². The van der Waals surface area contributed by atoms with Crippen LogP contribution in [-0.2, 0) is 9.53 Å². The average molecular weight is 446 g/mol. The van der Waals surface area contributed by atoms with E-state index in [0.29, 0.717) is 18.9 Å². The number of aromatic amines is 1. The van der Waals surface area contributed by atoms with E-state index in [2.05, 4.69) is 42.0 Å². The van der Waals surface area contributed by atoms with E-state index in [1.165, 1.54) is 10.5 Å². The second-order valence-electron chi connectivity index (χ2n) is 9.90. The topological polar surface area (TPSA) is 75.3 Å². The van der Waals surface area contributed by atoms with E-state index in [4.69, 9.17) is 4.74 Å². The van der Waals surface area contributed by atoms with Gasteiger partial charge >= 0.3 is 6.09 Å². The Labute approximate surface area is 194 Å². The second-order valence-corrected chi connectivity index (χ2v) is 9.90. The lowest BCUT2D eigenvalue weighted by atomic mass is 9.93. The molecule has 2 aromatic heterocycles. The van der Waals surface area contributed by atoms with Crippen molar-refractivity contribution in [3.63, 3.8) is 0 Å². The van der Waals surface area contributed by atoms with Crippen LogP contribution in [0.2, 0.25) is 0 Å². The van der Waals surface area contributed by atoms with Gasteiger partial charge in [-0.1, -0.05) is 19.9 Å². The number of nitrogens with one attached hydrogen (secondary N) is 1. The van der Waals surface area contributed by atoms with Gasteiger partial charge in [-0.15, -0.1) is 0 Å². The van der Waals surface area contributed by atoms with Crippen molar-refractivity contribution in [3.8, 4) is 11.3 Å². The molecule has 3 heterocycles. The molecule has 0 unspecified atom stereocenters. The number of aryl methyl sites for hydroxylation is 1. The van der Waals surface area contributed by atoms with Crippen LogP contribution >= 0.6 is 0 Å². The van der Waals surface area contributed by atoms with Crippen LogP contribution in [0.15, 0.2) is 42.6 Å². The first-order valence-corrected chi connectivity index (χ1v) is 11.4. The Morgan fingerprint density at radius 2 is 1.91 bits per heavy atom. The second kappa shape index (κ2) is 8.50. The zero-order valence-electron chi connectivity index (χ0n) is 20.2. The minimum Gasteiger partial charge on any atom is -0.443 e. The lowest BCUT2D eigenvalue weighted by molar-refractivity contribution is -0.125. The lowest BCUT2D eigenvalue weighted by Crippen LogP contribution is -2.42. The predicted octanol–water partition coefficient (Wildman–Crippen LogP) is 6.21. The number of benzene rings is 1. The van der Waals surface area contributed by atoms with Gasteiger partial charge in [0.05, 0.1) is 5.69 Å². The van der Waals surface area contributed by atoms with Crippen molar-refractivity contribution in [3.05, 3.63) is 59.4 Å². The van der Waals surface area contributed by atoms with Gasteiger partial charge in [-0.2, -0.15) is 0 Å². The minimum absolute atomic E-state index is 0.307. The van der Waals surface area contributed by atoms with Crippen molar-refractivity contribution in [2.45, 2.75) is 59.5 Å². The molecule has 0 saturated carbocycles. The zero-order chi connectivity index (χ0) is 23.9. The number of carbonyl (C=O) groups is 2. The van der Waals surface area contributed by atoms with Crippen molar-refractivity contribution in [1.29, 1.82) is 0 Å². The Hall–Kier alpha value is -3.41. The van der Waals surface area contributed by atoms with Crippen LogP contribution in [0.3, 0.4) is 0 Å². The maximum Gasteiger partial charge on any atom is 0.417 e. The number of nitrogens with zero attached hydrogens (tertiary/aromatic N) is 2. The van der Waals surface area contributed by atoms with Crippen molar-refractivity contribution in [1.82, 2.24) is 14.9 Å². The molecule has 3 aromatic rings. The van der Waals surface area contributed by atoms with Crippen molar-refractivity contribution >= 4 is 28.5 Å². The van der Waals surface area contributed by atoms with Crippen LogP contribution in [0, 0.1) is 6.92 Å². The molecule has 0 bridgehead atoms. The fourth-order valence-electron chi connectivity index (χ4n) is 4.31. The summed E-state index contributed by atoms with van der Waals surface area (Å²) in [5.74, 6) is -0.0289. The Bertz CT molecular complexity index is 1260. The summed E-state index contributed by atoms with van der Waals surface area (Å²) in [6, 6.07) is 10.4. The molecule has 0 saturated heterocycles. The quantitative estimate of drug-likeness (QED) is 0.520. The fourth-order valence-corrected chi connectivity index (χ4v) is 4.31. The Kier molecular flexibility index (Phi) is 5.87. The van der Waals surface area contributed by atoms with E-state index in [1.54, 1.807) is 26.8 Å². The highest BCUT2D eigenvalue weighted by atomic mass is 16.6. The van der Waals surface area contributed by atoms with Gasteiger partial charge < -0.3 is 9.72 Å². The number of carbonyl (C=O) groups excluding carboxylic acids is 2. The molecule has 2 amide bonds. The first kappa shape index (κ1) is 22.8. The molecule has 6 nitrogen and oxygen atoms in total. The summed E-state index contributed by atoms with van der Waals surface area (Å²) in [6.45, 7) is 12.1. The van der Waals surface area contributed by atoms with Gasteiger partial charge in [0, 0.05) is 41.0 Å². The van der Waals surface area contributed by atoms with Gasteiger partial charge in [-0.3, -0.25) is 9.78 Å². The minimum atomic E-state index is -0.640. The third-order valence-corrected chi connectivity index (χ3v) is 5.75. The number of rotatable bonds is 3. The van der Waals surface area contributed by atoms with Gasteiger partial charge in [0.2, 0.25) is 0 Å². The third-order valence-electron chi connectivity index (χ3n) is 5.75. The number of pyridine rings is 1. The van der Waals surface area contributed by atoms with E-state index in [-0.39, 0.29) is 5.91 Å². The summed E-state index contributed by atoms with van der Waals surface area (Å²) in [5, 5.41) is 1.15. The number of H-pyrrole nitrogens is 1. The van der Waals surface area contributed by atoms with Crippen molar-refractivity contribution in [2.24, 2.45) is 0 Å². The molecule has 172 valence electrons. The van der Waals surface area contributed by atoms with Gasteiger partial charge in [0.25, 0.3) is 5.91 Å². The number of hydrogen-bond acceptors (Lipinski definition) is 4. The highest BCUT2D eigenvalue weighted by Gasteiger charge is 2.29. The van der Waals surface area contributed by atoms with Gasteiger partial charge in [0.15, 0.2) is 0 Å². The standard InChI is InChI=1S/C27H31N3O3/c1-16(2)24-21-14-18(7-8-22(21)29-25(24)20-9-11-28-17(3)13-20)19-10-12-30(23(31)15-19)26(32)33-27(4,5)6/h7-9,11,13-16,29H,10,12H2,1-6H3. The molecule has 1 aliphatic rings. The monoisotopic (exact) mass is 445 g/mol. The molecule has 0 atom stereocenters. The van der Waals surface area contributed by atoms with E-state index >= 15 is 0 Å². The van der Waals surface area contributed by atoms with Crippen LogP contribution in [0.5, 0.6) is 0 Å². The van der Waals surface area contributed by atoms with E-state index < -0.39 is 11.7 Å². The molecule has 1 aliphatic heterocycles. The first-order valence-electron chi connectivity index (χ1n) is 11.4. The lowest BCUT2D eigenvalue weighted by Gasteiger charge is -2.28. The Morgan fingerprint density at radius 3 is 2.55 bits per heavy atom. The maximum absolute atomic E-state index is 12.7. The largest absolute Gasteiger partial charge is 0.443 e. The number of amides is 2. The number of imide groups is 1. The summed E-state index contributed by atoms with van der Waals surface area (Å²) in [7, 11) is 0. The van der Waals surface area contributed by atoms with Crippen LogP contribution < -0.4 is 0 Å². The normalized spacial score (nSPS) is 14.7. The molecule has 0 spiro atoms. The number of ether oxygens (including phenoxy) is 1. The number of hydrogen-bond donors (Lipinski definition) is 1. The van der Waals surface area contributed by atoms with Crippen LogP contribution in [0.1, 0.15) is 63.8 Å². The molecule has 4 rings (SSSR count). The molecular formula is C27H31N3O3. The zero-order valence-corrected chi connectivity index (χ0v) is 20.2. The highest BCUT2D eigenvalue weighted by Crippen LogP contribution is 2.37. The van der Waals surface area contributed by atoms with Crippen molar-refractivity contribution < 1.29 is 14.3 Å². The summed E-state index contributed by atoms with van der Waals surface area (Å²) >= 11 is 0. The SMILES string of the molecule is Cc1cc(-c2[nH]c3ccc(C4=CC(=O)N(C(=O)OC(C)(C)C)CC4)cc3c2C(C)C)ccn1. The summed E-state index contributed by atoms with van der Waals surface area (Å²) in [4.78, 5) is 34.2. The average Bonchev–Trinajstić information content (AvgIpc) is 3.11. The smallest absolute Gasteiger partial charge is 0.417 e. The third kappa shape index (κ3) is 4.70. The summed E-state index contributed by atoms with van der Waals surface area (Å²) in [6.07, 6.45) is 3.39. The van der Waals surface area contributed by atoms with E-state index in [9.17, 15) is 9.59 Å². The maximum atomic E-state index is 12.7. The molecule has 0 fully saturated rings. The predicted molar refractivity (Wildman–Crippen MR) is 131 cm³/mol. The molecule has 33 heavy (non-hydrogen) atoms. The van der Waals surface area contributed by atoms with Crippen LogP contribution in [-0.4, -0.2) is 39.0 Å². The highest BCUT2D eigenvalue weighted by molar-refractivity contribution is 6.05. The number of aromatic nitrogens is 2. The first-order chi connectivity index (χ1) is 15.5. The summed E-state index contributed by atoms with van der Waals surface area (Å²) in [5.41, 5.74) is 6.79. The molecule has 1 aromatic carbocycles. The van der Waals surface area contributed by atoms with Crippen LogP contribution in [0.4, 0.5) is 4.79 Å². The van der Waals surface area contributed by atoms with Gasteiger partial charge in [0.1, 0.15) is 5.60 Å². The number of fused-ring (bicyclic) bond motifs is 1. The van der Waals surface area contributed by atoms with Gasteiger partial charge in [-0.25, -0.2) is 9.69 Å². The van der Waals surface area contributed by atoms with Crippen LogP contribution in [0.25, 0.3) is 27.7 Å². The molecule has 6 heteroatoms.